The molecule has 1 aliphatic rings. The van der Waals surface area contributed by atoms with Crippen LogP contribution >= 0.6 is 0 Å². The van der Waals surface area contributed by atoms with Gasteiger partial charge in [-0.2, -0.15) is 0 Å². The number of fused-ring (bicyclic) bond motifs is 1. The molecule has 5 aromatic rings. The van der Waals surface area contributed by atoms with Crippen LogP contribution in [0.4, 0.5) is 5.69 Å². The van der Waals surface area contributed by atoms with E-state index in [-0.39, 0.29) is 24.6 Å². The van der Waals surface area contributed by atoms with Crippen molar-refractivity contribution in [2.24, 2.45) is 0 Å². The second-order valence-corrected chi connectivity index (χ2v) is 9.03. The number of hydrogen-bond donors (Lipinski definition) is 0. The largest absolute Gasteiger partial charge is 0.459 e. The number of benzene rings is 3. The normalized spacial score (nSPS) is 15.4. The summed E-state index contributed by atoms with van der Waals surface area (Å²) in [6, 6.07) is 26.3. The van der Waals surface area contributed by atoms with Gasteiger partial charge < -0.3 is 13.7 Å². The van der Waals surface area contributed by atoms with Gasteiger partial charge in [-0.15, -0.1) is 0 Å². The number of para-hydroxylation sites is 2. The Morgan fingerprint density at radius 2 is 1.68 bits per heavy atom. The Bertz CT molecular complexity index is 1570. The molecule has 3 aromatic carbocycles. The molecule has 3 heterocycles. The first-order chi connectivity index (χ1) is 18.6. The zero-order chi connectivity index (χ0) is 26.1. The second kappa shape index (κ2) is 9.82. The van der Waals surface area contributed by atoms with Crippen molar-refractivity contribution in [1.29, 1.82) is 0 Å². The van der Waals surface area contributed by atoms with E-state index in [9.17, 15) is 14.4 Å². The van der Waals surface area contributed by atoms with Crippen LogP contribution in [0.25, 0.3) is 22.6 Å². The summed E-state index contributed by atoms with van der Waals surface area (Å²) in [6.07, 6.45) is 1.84. The highest BCUT2D eigenvalue weighted by Gasteiger charge is 2.44. The number of furan rings is 1. The molecule has 0 spiro atoms. The summed E-state index contributed by atoms with van der Waals surface area (Å²) in [5.74, 6) is -0.667. The molecule has 38 heavy (non-hydrogen) atoms. The van der Waals surface area contributed by atoms with Gasteiger partial charge in [-0.1, -0.05) is 42.5 Å². The number of aromatic nitrogens is 1. The molecule has 6 rings (SSSR count). The number of nitrogens with zero attached hydrogens (tertiary/aromatic N) is 3. The Labute approximate surface area is 218 Å². The van der Waals surface area contributed by atoms with Crippen LogP contribution in [0.3, 0.4) is 0 Å². The Hall–Kier alpha value is -4.98. The van der Waals surface area contributed by atoms with Crippen LogP contribution in [-0.2, 0) is 16.0 Å². The van der Waals surface area contributed by atoms with Crippen molar-refractivity contribution in [3.05, 3.63) is 109 Å². The molecular formula is C30H23N3O5. The number of anilines is 1. The van der Waals surface area contributed by atoms with Gasteiger partial charge in [-0.05, 0) is 60.5 Å². The van der Waals surface area contributed by atoms with E-state index in [1.807, 2.05) is 54.6 Å². The van der Waals surface area contributed by atoms with Crippen LogP contribution in [0.15, 0.2) is 106 Å². The van der Waals surface area contributed by atoms with Gasteiger partial charge in [0.25, 0.3) is 11.8 Å². The summed E-state index contributed by atoms with van der Waals surface area (Å²) >= 11 is 0. The van der Waals surface area contributed by atoms with E-state index < -0.39 is 17.9 Å². The lowest BCUT2D eigenvalue weighted by molar-refractivity contribution is -0.122. The Kier molecular flexibility index (Phi) is 6.05. The van der Waals surface area contributed by atoms with Crippen LogP contribution in [0.1, 0.15) is 22.5 Å². The highest BCUT2D eigenvalue weighted by atomic mass is 16.3. The summed E-state index contributed by atoms with van der Waals surface area (Å²) in [6.45, 7) is 0.262. The lowest BCUT2D eigenvalue weighted by Gasteiger charge is -2.27. The molecule has 1 saturated heterocycles. The maximum atomic E-state index is 13.6. The number of amides is 3. The van der Waals surface area contributed by atoms with Crippen LogP contribution < -0.4 is 4.90 Å². The molecule has 1 atom stereocenters. The fourth-order valence-corrected chi connectivity index (χ4v) is 4.71. The van der Waals surface area contributed by atoms with E-state index in [0.29, 0.717) is 23.6 Å². The van der Waals surface area contributed by atoms with Crippen molar-refractivity contribution >= 4 is 34.5 Å². The fourth-order valence-electron chi connectivity index (χ4n) is 4.71. The van der Waals surface area contributed by atoms with Crippen LogP contribution in [0, 0.1) is 0 Å². The molecule has 188 valence electrons. The van der Waals surface area contributed by atoms with E-state index >= 15 is 0 Å². The SMILES string of the molecule is O=C1CC(N(CCc2ccccc2)C(=O)c2ccco2)C(=O)N1c1ccc(-c2nc3ccccc3o2)cc1. The van der Waals surface area contributed by atoms with Crippen molar-refractivity contribution in [1.82, 2.24) is 9.88 Å². The zero-order valence-electron chi connectivity index (χ0n) is 20.3. The molecular weight excluding hydrogens is 482 g/mol. The molecule has 0 saturated carbocycles. The highest BCUT2D eigenvalue weighted by Crippen LogP contribution is 2.30. The average Bonchev–Trinajstić information content (AvgIpc) is 3.69. The minimum atomic E-state index is -0.930. The second-order valence-electron chi connectivity index (χ2n) is 9.03. The van der Waals surface area contributed by atoms with Gasteiger partial charge in [0.2, 0.25) is 11.8 Å². The molecule has 1 fully saturated rings. The lowest BCUT2D eigenvalue weighted by Crippen LogP contribution is -2.46. The van der Waals surface area contributed by atoms with Gasteiger partial charge in [-0.25, -0.2) is 9.88 Å². The van der Waals surface area contributed by atoms with E-state index in [4.69, 9.17) is 8.83 Å². The monoisotopic (exact) mass is 505 g/mol. The third-order valence-electron chi connectivity index (χ3n) is 6.64. The Morgan fingerprint density at radius 3 is 2.42 bits per heavy atom. The van der Waals surface area contributed by atoms with Crippen LogP contribution in [0.2, 0.25) is 0 Å². The topological polar surface area (TPSA) is 96.9 Å². The smallest absolute Gasteiger partial charge is 0.290 e. The average molecular weight is 506 g/mol. The summed E-state index contributed by atoms with van der Waals surface area (Å²) in [5.41, 5.74) is 3.59. The minimum absolute atomic E-state index is 0.104. The standard InChI is InChI=1S/C30H23N3O5/c34-27-19-24(32(30(36)26-11-6-18-37-26)17-16-20-7-2-1-3-8-20)29(35)33(27)22-14-12-21(13-15-22)28-31-23-9-4-5-10-25(23)38-28/h1-15,18,24H,16-17,19H2. The molecule has 3 amide bonds. The third kappa shape index (κ3) is 4.37. The van der Waals surface area contributed by atoms with E-state index in [2.05, 4.69) is 4.98 Å². The Balaban J connectivity index is 1.25. The van der Waals surface area contributed by atoms with Crippen LogP contribution in [0.5, 0.6) is 0 Å². The number of imide groups is 1. The molecule has 8 nitrogen and oxygen atoms in total. The minimum Gasteiger partial charge on any atom is -0.459 e. The first-order valence-corrected chi connectivity index (χ1v) is 12.3. The van der Waals surface area contributed by atoms with E-state index in [1.54, 1.807) is 36.4 Å². The van der Waals surface area contributed by atoms with Gasteiger partial charge in [0.1, 0.15) is 11.6 Å². The molecule has 0 N–H and O–H groups in total. The number of carbonyl (C=O) groups is 3. The number of oxazole rings is 1. The van der Waals surface area contributed by atoms with Gasteiger partial charge in [0, 0.05) is 12.1 Å². The zero-order valence-corrected chi connectivity index (χ0v) is 20.3. The van der Waals surface area contributed by atoms with Crippen molar-refractivity contribution in [2.75, 3.05) is 11.4 Å². The summed E-state index contributed by atoms with van der Waals surface area (Å²) < 4.78 is 11.1. The fraction of sp³-hybridized carbons (Fsp3) is 0.133. The highest BCUT2D eigenvalue weighted by molar-refractivity contribution is 6.23. The lowest BCUT2D eigenvalue weighted by atomic mass is 10.1. The van der Waals surface area contributed by atoms with Gasteiger partial charge in [-0.3, -0.25) is 14.4 Å². The first kappa shape index (κ1) is 23.4. The van der Waals surface area contributed by atoms with Crippen molar-refractivity contribution in [3.8, 4) is 11.5 Å². The Morgan fingerprint density at radius 1 is 0.921 bits per heavy atom. The number of hydrogen-bond acceptors (Lipinski definition) is 6. The summed E-state index contributed by atoms with van der Waals surface area (Å²) in [7, 11) is 0. The summed E-state index contributed by atoms with van der Waals surface area (Å²) in [4.78, 5) is 47.0. The maximum absolute atomic E-state index is 13.6. The molecule has 1 aliphatic heterocycles. The van der Waals surface area contributed by atoms with E-state index in [0.717, 1.165) is 21.5 Å². The van der Waals surface area contributed by atoms with Crippen molar-refractivity contribution in [2.45, 2.75) is 18.9 Å². The number of carbonyl (C=O) groups excluding carboxylic acids is 3. The quantitative estimate of drug-likeness (QED) is 0.285. The third-order valence-corrected chi connectivity index (χ3v) is 6.64. The molecule has 0 radical (unpaired) electrons. The first-order valence-electron chi connectivity index (χ1n) is 12.3. The molecule has 1 unspecified atom stereocenters. The molecule has 8 heteroatoms. The van der Waals surface area contributed by atoms with Gasteiger partial charge in [0.15, 0.2) is 11.3 Å². The summed E-state index contributed by atoms with van der Waals surface area (Å²) in [5, 5.41) is 0. The van der Waals surface area contributed by atoms with Crippen molar-refractivity contribution < 1.29 is 23.2 Å². The van der Waals surface area contributed by atoms with Gasteiger partial charge >= 0.3 is 0 Å². The maximum Gasteiger partial charge on any atom is 0.290 e. The molecule has 2 aromatic heterocycles. The van der Waals surface area contributed by atoms with Gasteiger partial charge in [0.05, 0.1) is 18.4 Å². The molecule has 0 bridgehead atoms. The predicted molar refractivity (Wildman–Crippen MR) is 140 cm³/mol. The molecule has 0 aliphatic carbocycles. The van der Waals surface area contributed by atoms with E-state index in [1.165, 1.54) is 11.2 Å². The predicted octanol–water partition coefficient (Wildman–Crippen LogP) is 5.10. The number of rotatable bonds is 7. The van der Waals surface area contributed by atoms with Crippen LogP contribution in [-0.4, -0.2) is 40.2 Å². The van der Waals surface area contributed by atoms with Crippen molar-refractivity contribution in [3.63, 3.8) is 0 Å².